The zero-order valence-corrected chi connectivity index (χ0v) is 6.42. The summed E-state index contributed by atoms with van der Waals surface area (Å²) < 4.78 is 86.0. The van der Waals surface area contributed by atoms with Gasteiger partial charge in [-0.15, -0.1) is 0 Å². The van der Waals surface area contributed by atoms with Crippen molar-refractivity contribution in [3.05, 3.63) is 0 Å². The molecule has 9 heteroatoms. The first-order chi connectivity index (χ1) is 6.12. The molecular weight excluding hydrogens is 225 g/mol. The molecule has 0 aliphatic heterocycles. The lowest BCUT2D eigenvalue weighted by atomic mass is 10.1. The summed E-state index contributed by atoms with van der Waals surface area (Å²) in [4.78, 5) is 0. The van der Waals surface area contributed by atoms with Crippen molar-refractivity contribution in [3.63, 3.8) is 0 Å². The Balaban J connectivity index is 5.21. The quantitative estimate of drug-likeness (QED) is 0.591. The van der Waals surface area contributed by atoms with Crippen LogP contribution in [0.1, 0.15) is 0 Å². The van der Waals surface area contributed by atoms with Gasteiger partial charge in [0.25, 0.3) is 5.60 Å². The van der Waals surface area contributed by atoms with Gasteiger partial charge in [-0.2, -0.15) is 26.3 Å². The lowest BCUT2D eigenvalue weighted by Crippen LogP contribution is -2.60. The van der Waals surface area contributed by atoms with Crippen LogP contribution in [0.2, 0.25) is 0 Å². The van der Waals surface area contributed by atoms with Crippen molar-refractivity contribution in [1.29, 1.82) is 0 Å². The predicted molar refractivity (Wildman–Crippen MR) is 29.0 cm³/mol. The monoisotopic (exact) mass is 230 g/mol. The smallest absolute Gasteiger partial charge is 0.371 e. The van der Waals surface area contributed by atoms with Crippen LogP contribution >= 0.6 is 0 Å². The van der Waals surface area contributed by atoms with Gasteiger partial charge < -0.3 is 9.84 Å². The van der Waals surface area contributed by atoms with Crippen molar-refractivity contribution >= 4 is 0 Å². The molecular formula is C5H5F7O2. The SMILES string of the molecule is OCOC(CF)(C(F)(F)F)C(F)(F)F. The molecule has 0 aromatic heterocycles. The second kappa shape index (κ2) is 3.89. The van der Waals surface area contributed by atoms with Crippen LogP contribution in [0.5, 0.6) is 0 Å². The van der Waals surface area contributed by atoms with E-state index in [9.17, 15) is 30.7 Å². The summed E-state index contributed by atoms with van der Waals surface area (Å²) in [6, 6.07) is 0. The minimum atomic E-state index is -5.98. The van der Waals surface area contributed by atoms with E-state index in [0.717, 1.165) is 0 Å². The third-order valence-corrected chi connectivity index (χ3v) is 1.41. The molecule has 86 valence electrons. The Morgan fingerprint density at radius 1 is 0.929 bits per heavy atom. The average Bonchev–Trinajstić information content (AvgIpc) is 1.94. The van der Waals surface area contributed by atoms with Gasteiger partial charge in [-0.25, -0.2) is 4.39 Å². The van der Waals surface area contributed by atoms with Crippen molar-refractivity contribution in [2.75, 3.05) is 13.5 Å². The molecule has 0 unspecified atom stereocenters. The highest BCUT2D eigenvalue weighted by Gasteiger charge is 2.72. The second-order valence-electron chi connectivity index (χ2n) is 2.23. The van der Waals surface area contributed by atoms with Gasteiger partial charge in [-0.3, -0.25) is 0 Å². The molecule has 0 radical (unpaired) electrons. The fraction of sp³-hybridized carbons (Fsp3) is 1.00. The Hall–Kier alpha value is -0.570. The summed E-state index contributed by atoms with van der Waals surface area (Å²) in [7, 11) is 0. The summed E-state index contributed by atoms with van der Waals surface area (Å²) in [5.74, 6) is 0. The molecule has 0 rings (SSSR count). The van der Waals surface area contributed by atoms with E-state index in [1.54, 1.807) is 0 Å². The number of hydrogen-bond donors (Lipinski definition) is 1. The molecule has 14 heavy (non-hydrogen) atoms. The largest absolute Gasteiger partial charge is 0.429 e. The molecule has 0 bridgehead atoms. The molecule has 0 spiro atoms. The van der Waals surface area contributed by atoms with E-state index in [-0.39, 0.29) is 0 Å². The number of halogens is 7. The highest BCUT2D eigenvalue weighted by molar-refractivity contribution is 4.95. The third kappa shape index (κ3) is 2.08. The van der Waals surface area contributed by atoms with Gasteiger partial charge in [-0.05, 0) is 0 Å². The number of aliphatic hydroxyl groups excluding tert-OH is 1. The topological polar surface area (TPSA) is 29.5 Å². The maximum atomic E-state index is 11.9. The van der Waals surface area contributed by atoms with E-state index in [4.69, 9.17) is 5.11 Å². The highest BCUT2D eigenvalue weighted by Crippen LogP contribution is 2.45. The lowest BCUT2D eigenvalue weighted by molar-refractivity contribution is -0.393. The van der Waals surface area contributed by atoms with E-state index >= 15 is 0 Å². The first-order valence-electron chi connectivity index (χ1n) is 3.06. The number of aliphatic hydroxyl groups is 1. The molecule has 0 aliphatic carbocycles. The van der Waals surface area contributed by atoms with Crippen LogP contribution in [0.25, 0.3) is 0 Å². The number of hydrogen-bond acceptors (Lipinski definition) is 2. The Kier molecular flexibility index (Phi) is 3.73. The van der Waals surface area contributed by atoms with E-state index in [1.807, 2.05) is 0 Å². The van der Waals surface area contributed by atoms with Crippen molar-refractivity contribution in [2.45, 2.75) is 18.0 Å². The summed E-state index contributed by atoms with van der Waals surface area (Å²) in [5, 5.41) is 7.87. The minimum Gasteiger partial charge on any atom is -0.371 e. The number of rotatable bonds is 3. The van der Waals surface area contributed by atoms with Gasteiger partial charge in [0, 0.05) is 0 Å². The number of ether oxygens (including phenoxy) is 1. The first-order valence-corrected chi connectivity index (χ1v) is 3.06. The molecule has 0 saturated heterocycles. The fourth-order valence-electron chi connectivity index (χ4n) is 0.625. The predicted octanol–water partition coefficient (Wildman–Crippen LogP) is 1.79. The van der Waals surface area contributed by atoms with Crippen LogP contribution in [-0.2, 0) is 4.74 Å². The van der Waals surface area contributed by atoms with E-state index < -0.39 is 31.4 Å². The molecule has 0 aromatic rings. The molecule has 0 aliphatic rings. The van der Waals surface area contributed by atoms with Crippen LogP contribution < -0.4 is 0 Å². The van der Waals surface area contributed by atoms with Gasteiger partial charge >= 0.3 is 12.4 Å². The standard InChI is InChI=1S/C5H5F7O2/c6-1-3(14-2-13,4(7,8)9)5(10,11)12/h13H,1-2H2. The Morgan fingerprint density at radius 2 is 1.29 bits per heavy atom. The summed E-state index contributed by atoms with van der Waals surface area (Å²) in [6.45, 7) is -4.73. The van der Waals surface area contributed by atoms with Gasteiger partial charge in [0.2, 0.25) is 0 Å². The average molecular weight is 230 g/mol. The van der Waals surface area contributed by atoms with Crippen molar-refractivity contribution in [3.8, 4) is 0 Å². The zero-order chi connectivity index (χ0) is 11.6. The molecule has 0 aromatic carbocycles. The van der Waals surface area contributed by atoms with Crippen LogP contribution in [-0.4, -0.2) is 36.5 Å². The summed E-state index contributed by atoms with van der Waals surface area (Å²) >= 11 is 0. The molecule has 0 saturated carbocycles. The maximum Gasteiger partial charge on any atom is 0.429 e. The Labute approximate surface area is 73.3 Å². The molecule has 2 nitrogen and oxygen atoms in total. The van der Waals surface area contributed by atoms with Gasteiger partial charge in [0.05, 0.1) is 0 Å². The van der Waals surface area contributed by atoms with Gasteiger partial charge in [0.15, 0.2) is 0 Å². The molecule has 0 amide bonds. The van der Waals surface area contributed by atoms with E-state index in [2.05, 4.69) is 4.74 Å². The normalized spacial score (nSPS) is 14.6. The van der Waals surface area contributed by atoms with E-state index in [1.165, 1.54) is 0 Å². The highest BCUT2D eigenvalue weighted by atomic mass is 19.4. The first kappa shape index (κ1) is 13.4. The minimum absolute atomic E-state index is 1.89. The van der Waals surface area contributed by atoms with Gasteiger partial charge in [-0.1, -0.05) is 0 Å². The molecule has 0 heterocycles. The van der Waals surface area contributed by atoms with Crippen molar-refractivity contribution in [2.24, 2.45) is 0 Å². The third-order valence-electron chi connectivity index (χ3n) is 1.41. The summed E-state index contributed by atoms with van der Waals surface area (Å²) in [6.07, 6.45) is -12.0. The Morgan fingerprint density at radius 3 is 1.36 bits per heavy atom. The van der Waals surface area contributed by atoms with Gasteiger partial charge in [0.1, 0.15) is 13.5 Å². The van der Waals surface area contributed by atoms with Crippen LogP contribution in [0.15, 0.2) is 0 Å². The molecule has 1 N–H and O–H groups in total. The summed E-state index contributed by atoms with van der Waals surface area (Å²) in [5.41, 5.74) is -4.95. The van der Waals surface area contributed by atoms with E-state index in [0.29, 0.717) is 0 Å². The fourth-order valence-corrected chi connectivity index (χ4v) is 0.625. The Bertz CT molecular complexity index is 169. The molecule has 0 atom stereocenters. The van der Waals surface area contributed by atoms with Crippen molar-refractivity contribution in [1.82, 2.24) is 0 Å². The van der Waals surface area contributed by atoms with Crippen LogP contribution in [0.3, 0.4) is 0 Å². The maximum absolute atomic E-state index is 11.9. The molecule has 0 fully saturated rings. The van der Waals surface area contributed by atoms with Crippen LogP contribution in [0, 0.1) is 0 Å². The van der Waals surface area contributed by atoms with Crippen LogP contribution in [0.4, 0.5) is 30.7 Å². The number of alkyl halides is 7. The second-order valence-corrected chi connectivity index (χ2v) is 2.23. The lowest BCUT2D eigenvalue weighted by Gasteiger charge is -2.33. The van der Waals surface area contributed by atoms with Crippen molar-refractivity contribution < 1.29 is 40.6 Å². The zero-order valence-electron chi connectivity index (χ0n) is 6.42.